The summed E-state index contributed by atoms with van der Waals surface area (Å²) >= 11 is 0. The number of carbonyl (C=O) groups is 1. The summed E-state index contributed by atoms with van der Waals surface area (Å²) < 4.78 is 67.3. The zero-order valence-electron chi connectivity index (χ0n) is 16.6. The number of nitrogens with one attached hydrogen (secondary N) is 2. The highest BCUT2D eigenvalue weighted by Gasteiger charge is 2.32. The number of halogens is 3. The molecule has 2 N–H and O–H groups in total. The number of hydrazine groups is 1. The molecule has 166 valence electrons. The van der Waals surface area contributed by atoms with Crippen molar-refractivity contribution in [3.05, 3.63) is 58.9 Å². The van der Waals surface area contributed by atoms with Crippen molar-refractivity contribution >= 4 is 21.6 Å². The molecule has 0 unspecified atom stereocenters. The summed E-state index contributed by atoms with van der Waals surface area (Å²) in [6.07, 6.45) is 3.46. The van der Waals surface area contributed by atoms with Crippen LogP contribution in [0.4, 0.5) is 18.9 Å². The van der Waals surface area contributed by atoms with Crippen LogP contribution in [0.5, 0.6) is 0 Å². The molecule has 31 heavy (non-hydrogen) atoms. The Kier molecular flexibility index (Phi) is 5.94. The molecular weight excluding hydrogens is 431 g/mol. The van der Waals surface area contributed by atoms with Gasteiger partial charge in [-0.3, -0.25) is 15.6 Å². The van der Waals surface area contributed by atoms with Crippen molar-refractivity contribution in [1.82, 2.24) is 9.73 Å². The number of rotatable bonds is 5. The van der Waals surface area contributed by atoms with E-state index in [0.29, 0.717) is 0 Å². The standard InChI is InChI=1S/C21H22F3N3O3S/c22-17-6-7-18(20(24)19(17)23)25-26-21(28)14-8-10-27(11-9-14)31(29,30)16-5-4-13-2-1-3-15(13)12-16/h4-7,12,14,25H,1-3,8-11H2,(H,26,28). The van der Waals surface area contributed by atoms with E-state index in [4.69, 9.17) is 0 Å². The maximum absolute atomic E-state index is 13.7. The largest absolute Gasteiger partial charge is 0.296 e. The van der Waals surface area contributed by atoms with Crippen LogP contribution in [0.15, 0.2) is 35.2 Å². The van der Waals surface area contributed by atoms with Gasteiger partial charge in [0.05, 0.1) is 10.6 Å². The number of hydrogen-bond acceptors (Lipinski definition) is 4. The van der Waals surface area contributed by atoms with Crippen molar-refractivity contribution in [2.45, 2.75) is 37.0 Å². The summed E-state index contributed by atoms with van der Waals surface area (Å²) in [7, 11) is -3.64. The Labute approximate surface area is 178 Å². The van der Waals surface area contributed by atoms with Gasteiger partial charge >= 0.3 is 0 Å². The molecule has 2 aromatic rings. The quantitative estimate of drug-likeness (QED) is 0.539. The average Bonchev–Trinajstić information content (AvgIpc) is 3.25. The first-order valence-electron chi connectivity index (χ1n) is 10.1. The van der Waals surface area contributed by atoms with Crippen molar-refractivity contribution < 1.29 is 26.4 Å². The van der Waals surface area contributed by atoms with E-state index in [2.05, 4.69) is 10.9 Å². The van der Waals surface area contributed by atoms with Gasteiger partial charge in [0.15, 0.2) is 17.5 Å². The van der Waals surface area contributed by atoms with Crippen LogP contribution < -0.4 is 10.9 Å². The number of amides is 1. The third kappa shape index (κ3) is 4.27. The Morgan fingerprint density at radius 3 is 2.42 bits per heavy atom. The fraction of sp³-hybridized carbons (Fsp3) is 0.381. The number of sulfonamides is 1. The van der Waals surface area contributed by atoms with Gasteiger partial charge < -0.3 is 0 Å². The Bertz CT molecular complexity index is 1120. The number of aryl methyl sites for hydroxylation is 2. The van der Waals surface area contributed by atoms with Gasteiger partial charge in [-0.15, -0.1) is 0 Å². The predicted molar refractivity (Wildman–Crippen MR) is 108 cm³/mol. The molecule has 1 aliphatic carbocycles. The number of piperidine rings is 1. The molecule has 1 fully saturated rings. The van der Waals surface area contributed by atoms with Gasteiger partial charge in [-0.2, -0.15) is 4.31 Å². The van der Waals surface area contributed by atoms with Crippen LogP contribution >= 0.6 is 0 Å². The summed E-state index contributed by atoms with van der Waals surface area (Å²) in [6, 6.07) is 6.98. The number of carbonyl (C=O) groups excluding carboxylic acids is 1. The van der Waals surface area contributed by atoms with Gasteiger partial charge in [0, 0.05) is 19.0 Å². The molecule has 6 nitrogen and oxygen atoms in total. The summed E-state index contributed by atoms with van der Waals surface area (Å²) in [5.41, 5.74) is 6.41. The van der Waals surface area contributed by atoms with Gasteiger partial charge in [-0.1, -0.05) is 6.07 Å². The van der Waals surface area contributed by atoms with E-state index in [1.807, 2.05) is 6.07 Å². The van der Waals surface area contributed by atoms with Crippen LogP contribution in [0.1, 0.15) is 30.4 Å². The molecule has 1 aliphatic heterocycles. The van der Waals surface area contributed by atoms with Crippen molar-refractivity contribution in [2.75, 3.05) is 18.5 Å². The molecule has 10 heteroatoms. The highest BCUT2D eigenvalue weighted by Crippen LogP contribution is 2.28. The van der Waals surface area contributed by atoms with Crippen molar-refractivity contribution in [1.29, 1.82) is 0 Å². The minimum absolute atomic E-state index is 0.178. The maximum Gasteiger partial charge on any atom is 0.243 e. The van der Waals surface area contributed by atoms with Gasteiger partial charge in [0.25, 0.3) is 0 Å². The van der Waals surface area contributed by atoms with E-state index in [-0.39, 0.29) is 30.8 Å². The topological polar surface area (TPSA) is 78.5 Å². The van der Waals surface area contributed by atoms with E-state index < -0.39 is 45.0 Å². The predicted octanol–water partition coefficient (Wildman–Crippen LogP) is 3.14. The SMILES string of the molecule is O=C(NNc1ccc(F)c(F)c1F)C1CCN(S(=O)(=O)c2ccc3c(c2)CCC3)CC1. The second-order valence-corrected chi connectivity index (χ2v) is 9.74. The van der Waals surface area contributed by atoms with Gasteiger partial charge in [-0.25, -0.2) is 21.6 Å². The lowest BCUT2D eigenvalue weighted by Gasteiger charge is -2.30. The fourth-order valence-corrected chi connectivity index (χ4v) is 5.59. The van der Waals surface area contributed by atoms with Crippen LogP contribution in [0.3, 0.4) is 0 Å². The van der Waals surface area contributed by atoms with Crippen molar-refractivity contribution in [2.24, 2.45) is 5.92 Å². The monoisotopic (exact) mass is 453 g/mol. The summed E-state index contributed by atoms with van der Waals surface area (Å²) in [5.74, 6) is -5.36. The van der Waals surface area contributed by atoms with E-state index >= 15 is 0 Å². The Hall–Kier alpha value is -2.59. The summed E-state index contributed by atoms with van der Waals surface area (Å²) in [6.45, 7) is 0.355. The minimum Gasteiger partial charge on any atom is -0.296 e. The Morgan fingerprint density at radius 2 is 1.68 bits per heavy atom. The Balaban J connectivity index is 1.35. The first kappa shape index (κ1) is 21.6. The molecule has 0 spiro atoms. The lowest BCUT2D eigenvalue weighted by atomic mass is 9.98. The molecule has 0 aromatic heterocycles. The summed E-state index contributed by atoms with van der Waals surface area (Å²) in [4.78, 5) is 12.6. The molecule has 1 saturated heterocycles. The van der Waals surface area contributed by atoms with E-state index in [1.54, 1.807) is 12.1 Å². The maximum atomic E-state index is 13.7. The van der Waals surface area contributed by atoms with Crippen molar-refractivity contribution in [3.63, 3.8) is 0 Å². The van der Waals surface area contributed by atoms with Crippen LogP contribution in [0, 0.1) is 23.4 Å². The van der Waals surface area contributed by atoms with Crippen LogP contribution in [0.2, 0.25) is 0 Å². The molecule has 0 bridgehead atoms. The number of benzene rings is 2. The molecule has 1 amide bonds. The van der Waals surface area contributed by atoms with Crippen LogP contribution in [-0.4, -0.2) is 31.7 Å². The van der Waals surface area contributed by atoms with Crippen LogP contribution in [-0.2, 0) is 27.7 Å². The number of hydrogen-bond donors (Lipinski definition) is 2. The second-order valence-electron chi connectivity index (χ2n) is 7.80. The van der Waals surface area contributed by atoms with Gasteiger partial charge in [-0.05, 0) is 67.5 Å². The van der Waals surface area contributed by atoms with Gasteiger partial charge in [0.1, 0.15) is 0 Å². The zero-order chi connectivity index (χ0) is 22.2. The zero-order valence-corrected chi connectivity index (χ0v) is 17.4. The molecular formula is C21H22F3N3O3S. The first-order chi connectivity index (χ1) is 14.8. The summed E-state index contributed by atoms with van der Waals surface area (Å²) in [5, 5.41) is 0. The molecule has 0 radical (unpaired) electrons. The number of fused-ring (bicyclic) bond motifs is 1. The highest BCUT2D eigenvalue weighted by molar-refractivity contribution is 7.89. The number of anilines is 1. The lowest BCUT2D eigenvalue weighted by Crippen LogP contribution is -2.44. The minimum atomic E-state index is -3.64. The lowest BCUT2D eigenvalue weighted by molar-refractivity contribution is -0.125. The average molecular weight is 453 g/mol. The molecule has 1 heterocycles. The third-order valence-electron chi connectivity index (χ3n) is 5.89. The second kappa shape index (κ2) is 8.51. The highest BCUT2D eigenvalue weighted by atomic mass is 32.2. The number of nitrogens with zero attached hydrogens (tertiary/aromatic N) is 1. The molecule has 2 aromatic carbocycles. The normalized spacial score (nSPS) is 17.4. The molecule has 0 saturated carbocycles. The van der Waals surface area contributed by atoms with E-state index in [1.165, 1.54) is 9.87 Å². The van der Waals surface area contributed by atoms with E-state index in [0.717, 1.165) is 37.0 Å². The molecule has 2 aliphatic rings. The smallest absolute Gasteiger partial charge is 0.243 e. The third-order valence-corrected chi connectivity index (χ3v) is 7.78. The van der Waals surface area contributed by atoms with Crippen molar-refractivity contribution in [3.8, 4) is 0 Å². The fourth-order valence-electron chi connectivity index (χ4n) is 4.07. The van der Waals surface area contributed by atoms with Crippen LogP contribution in [0.25, 0.3) is 0 Å². The van der Waals surface area contributed by atoms with Gasteiger partial charge in [0.2, 0.25) is 15.9 Å². The Morgan fingerprint density at radius 1 is 0.968 bits per heavy atom. The first-order valence-corrected chi connectivity index (χ1v) is 11.5. The van der Waals surface area contributed by atoms with E-state index in [9.17, 15) is 26.4 Å². The molecule has 4 rings (SSSR count). The molecule has 0 atom stereocenters.